The van der Waals surface area contributed by atoms with E-state index < -0.39 is 14.1 Å². The average molecular weight is 255 g/mol. The van der Waals surface area contributed by atoms with Gasteiger partial charge in [-0.2, -0.15) is 0 Å². The molecular weight excluding hydrogens is 230 g/mol. The molecule has 0 saturated carbocycles. The van der Waals surface area contributed by atoms with Crippen LogP contribution >= 0.6 is 0 Å². The van der Waals surface area contributed by atoms with E-state index in [1.54, 1.807) is 4.90 Å². The Hall–Kier alpha value is -1.71. The molecule has 0 aliphatic carbocycles. The Labute approximate surface area is 116 Å². The summed E-state index contributed by atoms with van der Waals surface area (Å²) in [5, 5.41) is 0. The average Bonchev–Trinajstić information content (AvgIpc) is 2.46. The molecule has 1 aliphatic heterocycles. The molecule has 18 heavy (non-hydrogen) atoms. The molecule has 0 N–H and O–H groups in total. The van der Waals surface area contributed by atoms with Gasteiger partial charge in [-0.15, -0.1) is 0 Å². The SMILES string of the molecule is [2H]C([2H])([2H])Oc1ccc(C(=O)N2CCCCC2)cc1OC([2H])([2H])[2H]. The van der Waals surface area contributed by atoms with Crippen LogP contribution in [0.5, 0.6) is 11.5 Å². The van der Waals surface area contributed by atoms with Gasteiger partial charge in [-0.25, -0.2) is 0 Å². The molecule has 98 valence electrons. The van der Waals surface area contributed by atoms with Gasteiger partial charge in [0.1, 0.15) is 0 Å². The van der Waals surface area contributed by atoms with Crippen molar-refractivity contribution >= 4 is 5.91 Å². The van der Waals surface area contributed by atoms with Gasteiger partial charge in [0.25, 0.3) is 5.91 Å². The van der Waals surface area contributed by atoms with Gasteiger partial charge in [0.15, 0.2) is 11.5 Å². The zero-order valence-electron chi connectivity index (χ0n) is 15.9. The molecule has 1 fully saturated rings. The minimum atomic E-state index is -2.79. The highest BCUT2D eigenvalue weighted by Crippen LogP contribution is 2.28. The van der Waals surface area contributed by atoms with Crippen LogP contribution in [0.25, 0.3) is 0 Å². The maximum absolute atomic E-state index is 12.5. The lowest BCUT2D eigenvalue weighted by molar-refractivity contribution is 0.0724. The van der Waals surface area contributed by atoms with E-state index in [9.17, 15) is 4.79 Å². The molecule has 4 nitrogen and oxygen atoms in total. The topological polar surface area (TPSA) is 38.8 Å². The number of ether oxygens (including phenoxy) is 2. The first-order valence-electron chi connectivity index (χ1n) is 8.86. The van der Waals surface area contributed by atoms with Gasteiger partial charge in [0, 0.05) is 18.7 Å². The minimum Gasteiger partial charge on any atom is -0.493 e. The molecule has 4 heteroatoms. The van der Waals surface area contributed by atoms with Crippen LogP contribution in [0.1, 0.15) is 37.8 Å². The Balaban J connectivity index is 2.30. The third-order valence-corrected chi connectivity index (χ3v) is 3.05. The molecule has 0 bridgehead atoms. The van der Waals surface area contributed by atoms with E-state index in [-0.39, 0.29) is 23.0 Å². The van der Waals surface area contributed by atoms with E-state index in [0.717, 1.165) is 19.3 Å². The molecule has 1 aliphatic rings. The maximum atomic E-state index is 12.5. The van der Waals surface area contributed by atoms with E-state index in [2.05, 4.69) is 0 Å². The lowest BCUT2D eigenvalue weighted by Gasteiger charge is -2.26. The van der Waals surface area contributed by atoms with E-state index >= 15 is 0 Å². The number of hydrogen-bond donors (Lipinski definition) is 0. The predicted octanol–water partition coefficient (Wildman–Crippen LogP) is 2.33. The monoisotopic (exact) mass is 255 g/mol. The Morgan fingerprint density at radius 3 is 2.61 bits per heavy atom. The smallest absolute Gasteiger partial charge is 0.253 e. The molecule has 1 aromatic rings. The quantitative estimate of drug-likeness (QED) is 0.832. The molecule has 1 saturated heterocycles. The highest BCUT2D eigenvalue weighted by molar-refractivity contribution is 5.95. The van der Waals surface area contributed by atoms with Gasteiger partial charge in [0.2, 0.25) is 0 Å². The Morgan fingerprint density at radius 1 is 1.17 bits per heavy atom. The van der Waals surface area contributed by atoms with Crippen LogP contribution in [0.15, 0.2) is 18.2 Å². The molecule has 0 aromatic heterocycles. The van der Waals surface area contributed by atoms with Crippen molar-refractivity contribution in [2.24, 2.45) is 0 Å². The molecule has 0 atom stereocenters. The normalized spacial score (nSPS) is 21.7. The summed E-state index contributed by atoms with van der Waals surface area (Å²) in [5.41, 5.74) is 0.231. The summed E-state index contributed by atoms with van der Waals surface area (Å²) in [6.45, 7) is 1.28. The molecular formula is C14H19NO3. The van der Waals surface area contributed by atoms with Crippen LogP contribution in [0.3, 0.4) is 0 Å². The van der Waals surface area contributed by atoms with Crippen molar-refractivity contribution in [2.45, 2.75) is 19.3 Å². The van der Waals surface area contributed by atoms with Crippen LogP contribution in [0.4, 0.5) is 0 Å². The second kappa shape index (κ2) is 5.76. The fraction of sp³-hybridized carbons (Fsp3) is 0.500. The summed E-state index contributed by atoms with van der Waals surface area (Å²) in [7, 11) is -5.55. The van der Waals surface area contributed by atoms with Gasteiger partial charge in [-0.3, -0.25) is 4.79 Å². The second-order valence-electron chi connectivity index (χ2n) is 4.22. The number of amides is 1. The third kappa shape index (κ3) is 2.58. The van der Waals surface area contributed by atoms with Gasteiger partial charge in [0.05, 0.1) is 22.3 Å². The fourth-order valence-corrected chi connectivity index (χ4v) is 2.08. The first kappa shape index (κ1) is 7.02. The number of nitrogens with zero attached hydrogens (tertiary/aromatic N) is 1. The maximum Gasteiger partial charge on any atom is 0.253 e. The van der Waals surface area contributed by atoms with Crippen molar-refractivity contribution in [3.05, 3.63) is 23.8 Å². The largest absolute Gasteiger partial charge is 0.493 e. The number of carbonyl (C=O) groups excluding carboxylic acids is 1. The predicted molar refractivity (Wildman–Crippen MR) is 69.3 cm³/mol. The lowest BCUT2D eigenvalue weighted by Crippen LogP contribution is -2.35. The van der Waals surface area contributed by atoms with Gasteiger partial charge in [-0.05, 0) is 37.5 Å². The van der Waals surface area contributed by atoms with Gasteiger partial charge in [-0.1, -0.05) is 0 Å². The first-order valence-corrected chi connectivity index (χ1v) is 5.86. The molecule has 0 spiro atoms. The number of likely N-dealkylation sites (tertiary alicyclic amines) is 1. The fourth-order valence-electron chi connectivity index (χ4n) is 2.08. The molecule has 1 heterocycles. The third-order valence-electron chi connectivity index (χ3n) is 3.05. The number of benzene rings is 1. The second-order valence-corrected chi connectivity index (χ2v) is 4.22. The Bertz CT molecular complexity index is 593. The van der Waals surface area contributed by atoms with Crippen molar-refractivity contribution in [3.8, 4) is 11.5 Å². The lowest BCUT2D eigenvalue weighted by atomic mass is 10.1. The number of rotatable bonds is 3. The Kier molecular flexibility index (Phi) is 2.25. The molecule has 2 rings (SSSR count). The van der Waals surface area contributed by atoms with Crippen LogP contribution in [-0.2, 0) is 0 Å². The summed E-state index contributed by atoms with van der Waals surface area (Å²) in [5.74, 6) is -0.791. The highest BCUT2D eigenvalue weighted by atomic mass is 16.5. The molecule has 0 unspecified atom stereocenters. The van der Waals surface area contributed by atoms with E-state index in [1.165, 1.54) is 18.2 Å². The highest BCUT2D eigenvalue weighted by Gasteiger charge is 2.19. The number of methoxy groups -OCH3 is 2. The summed E-state index contributed by atoms with van der Waals surface area (Å²) in [6, 6.07) is 3.86. The summed E-state index contributed by atoms with van der Waals surface area (Å²) in [6.07, 6.45) is 2.91. The molecule has 1 aromatic carbocycles. The number of hydrogen-bond acceptors (Lipinski definition) is 3. The standard InChI is InChI=1S/C14H19NO3/c1-17-12-7-6-11(10-13(12)18-2)14(16)15-8-4-3-5-9-15/h6-7,10H,3-5,8-9H2,1-2H3/i1D3,2D3. The van der Waals surface area contributed by atoms with Crippen LogP contribution < -0.4 is 9.47 Å². The first-order chi connectivity index (χ1) is 11.1. The summed E-state index contributed by atoms with van der Waals surface area (Å²) >= 11 is 0. The van der Waals surface area contributed by atoms with Crippen molar-refractivity contribution in [1.29, 1.82) is 0 Å². The summed E-state index contributed by atoms with van der Waals surface area (Å²) in [4.78, 5) is 14.2. The zero-order chi connectivity index (χ0) is 18.0. The van der Waals surface area contributed by atoms with E-state index in [1.807, 2.05) is 0 Å². The molecule has 1 amide bonds. The van der Waals surface area contributed by atoms with Crippen LogP contribution in [0.2, 0.25) is 0 Å². The zero-order valence-corrected chi connectivity index (χ0v) is 9.94. The summed E-state index contributed by atoms with van der Waals surface area (Å²) < 4.78 is 52.5. The number of carbonyl (C=O) groups is 1. The Morgan fingerprint density at radius 2 is 1.89 bits per heavy atom. The van der Waals surface area contributed by atoms with E-state index in [0.29, 0.717) is 13.1 Å². The van der Waals surface area contributed by atoms with Crippen LogP contribution in [0, 0.1) is 0 Å². The number of piperidine rings is 1. The molecule has 0 radical (unpaired) electrons. The van der Waals surface area contributed by atoms with Crippen molar-refractivity contribution in [3.63, 3.8) is 0 Å². The van der Waals surface area contributed by atoms with Gasteiger partial charge < -0.3 is 14.4 Å². The van der Waals surface area contributed by atoms with Crippen molar-refractivity contribution in [2.75, 3.05) is 27.2 Å². The van der Waals surface area contributed by atoms with Crippen LogP contribution in [-0.4, -0.2) is 38.0 Å². The van der Waals surface area contributed by atoms with Crippen molar-refractivity contribution < 1.29 is 22.5 Å². The minimum absolute atomic E-state index is 0.231. The van der Waals surface area contributed by atoms with Crippen molar-refractivity contribution in [1.82, 2.24) is 4.90 Å². The van der Waals surface area contributed by atoms with Gasteiger partial charge >= 0.3 is 0 Å². The van der Waals surface area contributed by atoms with E-state index in [4.69, 9.17) is 17.7 Å².